The summed E-state index contributed by atoms with van der Waals surface area (Å²) in [5.41, 5.74) is 0. The fraction of sp³-hybridized carbons (Fsp3) is 0.875. The van der Waals surface area contributed by atoms with E-state index in [2.05, 4.69) is 25.3 Å². The Balaban J connectivity index is 4.26. The molecule has 0 amide bonds. The number of rotatable bonds is 6. The van der Waals surface area contributed by atoms with Gasteiger partial charge in [-0.05, 0) is 6.42 Å². The van der Waals surface area contributed by atoms with Crippen LogP contribution in [0.1, 0.15) is 19.8 Å². The molecule has 0 rings (SSSR count). The Kier molecular flexibility index (Phi) is 6.27. The van der Waals surface area contributed by atoms with Gasteiger partial charge in [0.1, 0.15) is 0 Å². The summed E-state index contributed by atoms with van der Waals surface area (Å²) < 4.78 is 14.5. The summed E-state index contributed by atoms with van der Waals surface area (Å²) in [6.45, 7) is 3.55. The fourth-order valence-electron chi connectivity index (χ4n) is 0.766. The molecule has 0 saturated carbocycles. The molecule has 0 aromatic carbocycles. The molecule has 0 aromatic heterocycles. The zero-order chi connectivity index (χ0) is 12.1. The van der Waals surface area contributed by atoms with Crippen LogP contribution in [0.3, 0.4) is 0 Å². The first-order chi connectivity index (χ1) is 6.78. The Morgan fingerprint density at radius 2 is 1.80 bits per heavy atom. The van der Waals surface area contributed by atoms with Crippen molar-refractivity contribution in [2.75, 3.05) is 14.2 Å². The van der Waals surface area contributed by atoms with E-state index in [1.807, 2.05) is 6.92 Å². The minimum Gasteiger partial charge on any atom is -0.473 e. The summed E-state index contributed by atoms with van der Waals surface area (Å²) in [4.78, 5) is 11.5. The number of thiol groups is 2. The summed E-state index contributed by atoms with van der Waals surface area (Å²) in [7, 11) is 0.121. The van der Waals surface area contributed by atoms with Crippen molar-refractivity contribution in [3.63, 3.8) is 0 Å². The molecule has 0 spiro atoms. The molecule has 0 unspecified atom stereocenters. The van der Waals surface area contributed by atoms with E-state index in [1.54, 1.807) is 6.55 Å². The summed E-state index contributed by atoms with van der Waals surface area (Å²) >= 11 is 8.46. The van der Waals surface area contributed by atoms with Gasteiger partial charge < -0.3 is 13.3 Å². The van der Waals surface area contributed by atoms with Crippen LogP contribution >= 0.6 is 25.3 Å². The third-order valence-corrected chi connectivity index (χ3v) is 5.06. The lowest BCUT2D eigenvalue weighted by molar-refractivity contribution is -0.138. The van der Waals surface area contributed by atoms with Crippen LogP contribution in [0.4, 0.5) is 0 Å². The minimum atomic E-state index is -2.79. The molecular weight excluding hydrogens is 252 g/mol. The quantitative estimate of drug-likeness (QED) is 0.438. The van der Waals surface area contributed by atoms with Gasteiger partial charge in [0.25, 0.3) is 5.97 Å². The summed E-state index contributed by atoms with van der Waals surface area (Å²) in [6.07, 6.45) is 0.775. The highest BCUT2D eigenvalue weighted by molar-refractivity contribution is 8.00. The first-order valence-corrected chi connectivity index (χ1v) is 7.67. The Morgan fingerprint density at radius 3 is 2.13 bits per heavy atom. The Labute approximate surface area is 103 Å². The topological polar surface area (TPSA) is 44.8 Å². The van der Waals surface area contributed by atoms with Crippen LogP contribution in [0.15, 0.2) is 0 Å². The molecular formula is C8H18O4S2Si. The maximum absolute atomic E-state index is 11.5. The van der Waals surface area contributed by atoms with Gasteiger partial charge in [-0.2, -0.15) is 25.3 Å². The zero-order valence-corrected chi connectivity index (χ0v) is 12.2. The maximum atomic E-state index is 11.5. The molecule has 0 fully saturated rings. The van der Waals surface area contributed by atoms with E-state index in [1.165, 1.54) is 14.2 Å². The normalized spacial score (nSPS) is 12.7. The molecule has 0 aliphatic rings. The van der Waals surface area contributed by atoms with Crippen molar-refractivity contribution in [1.82, 2.24) is 0 Å². The van der Waals surface area contributed by atoms with Gasteiger partial charge in [0, 0.05) is 20.8 Å². The lowest BCUT2D eigenvalue weighted by Gasteiger charge is -2.24. The van der Waals surface area contributed by atoms with E-state index in [0.29, 0.717) is 6.42 Å². The highest BCUT2D eigenvalue weighted by Gasteiger charge is 2.38. The van der Waals surface area contributed by atoms with Gasteiger partial charge in [-0.15, -0.1) is 0 Å². The highest BCUT2D eigenvalue weighted by atomic mass is 32.2. The van der Waals surface area contributed by atoms with Crippen molar-refractivity contribution < 1.29 is 18.1 Å². The fourth-order valence-corrected chi connectivity index (χ4v) is 1.84. The molecule has 15 heavy (non-hydrogen) atoms. The van der Waals surface area contributed by atoms with Crippen LogP contribution in [-0.4, -0.2) is 33.1 Å². The van der Waals surface area contributed by atoms with Crippen LogP contribution in [0.25, 0.3) is 0 Å². The zero-order valence-electron chi connectivity index (χ0n) is 9.44. The standard InChI is InChI=1S/C8H18O4S2Si/c1-5-8(13,14)6-7(9)12-15(4,10-2)11-3/h13-14H,5-6H2,1-4H3. The SMILES string of the molecule is CCC(S)(S)CC(=O)O[Si](C)(OC)OC. The lowest BCUT2D eigenvalue weighted by atomic mass is 10.2. The minimum absolute atomic E-state index is 0.116. The molecule has 0 radical (unpaired) electrons. The van der Waals surface area contributed by atoms with E-state index in [-0.39, 0.29) is 6.42 Å². The predicted molar refractivity (Wildman–Crippen MR) is 67.3 cm³/mol. The first-order valence-electron chi connectivity index (χ1n) is 4.55. The van der Waals surface area contributed by atoms with Gasteiger partial charge in [-0.3, -0.25) is 4.79 Å². The first kappa shape index (κ1) is 15.3. The summed E-state index contributed by atoms with van der Waals surface area (Å²) in [5, 5.41) is 0. The predicted octanol–water partition coefficient (Wildman–Crippen LogP) is 1.75. The van der Waals surface area contributed by atoms with E-state index in [4.69, 9.17) is 13.3 Å². The van der Waals surface area contributed by atoms with Crippen LogP contribution in [0.5, 0.6) is 0 Å². The van der Waals surface area contributed by atoms with Gasteiger partial charge in [-0.25, -0.2) is 0 Å². The van der Waals surface area contributed by atoms with Crippen molar-refractivity contribution in [2.24, 2.45) is 0 Å². The molecule has 0 aliphatic heterocycles. The smallest absolute Gasteiger partial charge is 0.473 e. The van der Waals surface area contributed by atoms with Gasteiger partial charge in [0.05, 0.1) is 10.5 Å². The lowest BCUT2D eigenvalue weighted by Crippen LogP contribution is -2.43. The molecule has 0 heterocycles. The second kappa shape index (κ2) is 6.14. The third kappa shape index (κ3) is 5.81. The largest absolute Gasteiger partial charge is 0.564 e. The average Bonchev–Trinajstić information content (AvgIpc) is 2.16. The molecule has 90 valence electrons. The monoisotopic (exact) mass is 270 g/mol. The van der Waals surface area contributed by atoms with Gasteiger partial charge in [-0.1, -0.05) is 6.92 Å². The van der Waals surface area contributed by atoms with Crippen LogP contribution in [0.2, 0.25) is 6.55 Å². The Morgan fingerprint density at radius 1 is 1.33 bits per heavy atom. The molecule has 0 aliphatic carbocycles. The number of carbonyl (C=O) groups excluding carboxylic acids is 1. The maximum Gasteiger partial charge on any atom is 0.564 e. The Hall–Kier alpha value is 0.307. The molecule has 0 aromatic rings. The molecule has 0 saturated heterocycles. The van der Waals surface area contributed by atoms with Gasteiger partial charge in [0.2, 0.25) is 0 Å². The molecule has 0 atom stereocenters. The summed E-state index contributed by atoms with van der Waals surface area (Å²) in [5.74, 6) is -0.403. The number of hydrogen-bond donors (Lipinski definition) is 2. The van der Waals surface area contributed by atoms with E-state index >= 15 is 0 Å². The average molecular weight is 270 g/mol. The van der Waals surface area contributed by atoms with Crippen LogP contribution in [-0.2, 0) is 18.1 Å². The van der Waals surface area contributed by atoms with Gasteiger partial charge in [0.15, 0.2) is 0 Å². The second-order valence-corrected chi connectivity index (χ2v) is 8.07. The molecule has 4 nitrogen and oxygen atoms in total. The van der Waals surface area contributed by atoms with Crippen LogP contribution < -0.4 is 0 Å². The van der Waals surface area contributed by atoms with E-state index in [9.17, 15) is 4.79 Å². The number of hydrogen-bond acceptors (Lipinski definition) is 6. The van der Waals surface area contributed by atoms with E-state index in [0.717, 1.165) is 0 Å². The number of carbonyl (C=O) groups is 1. The third-order valence-electron chi connectivity index (χ3n) is 2.03. The summed E-state index contributed by atoms with van der Waals surface area (Å²) in [6, 6.07) is 0. The second-order valence-electron chi connectivity index (χ2n) is 3.26. The van der Waals surface area contributed by atoms with Crippen molar-refractivity contribution in [3.05, 3.63) is 0 Å². The van der Waals surface area contributed by atoms with Crippen molar-refractivity contribution in [3.8, 4) is 0 Å². The Bertz CT molecular complexity index is 219. The molecule has 0 bridgehead atoms. The molecule has 7 heteroatoms. The van der Waals surface area contributed by atoms with Crippen molar-refractivity contribution >= 4 is 40.0 Å². The van der Waals surface area contributed by atoms with Gasteiger partial charge >= 0.3 is 8.80 Å². The van der Waals surface area contributed by atoms with Crippen molar-refractivity contribution in [1.29, 1.82) is 0 Å². The highest BCUT2D eigenvalue weighted by Crippen LogP contribution is 2.28. The van der Waals surface area contributed by atoms with Crippen molar-refractivity contribution in [2.45, 2.75) is 30.4 Å². The van der Waals surface area contributed by atoms with Crippen LogP contribution in [0, 0.1) is 0 Å². The molecule has 0 N–H and O–H groups in total. The van der Waals surface area contributed by atoms with E-state index < -0.39 is 18.9 Å².